The van der Waals surface area contributed by atoms with Gasteiger partial charge in [-0.3, -0.25) is 0 Å². The summed E-state index contributed by atoms with van der Waals surface area (Å²) in [6.45, 7) is 3.09. The maximum absolute atomic E-state index is 8.44. The van der Waals surface area contributed by atoms with E-state index in [9.17, 15) is 0 Å². The summed E-state index contributed by atoms with van der Waals surface area (Å²) >= 11 is 0. The number of nitrogens with one attached hydrogen (secondary N) is 1. The summed E-state index contributed by atoms with van der Waals surface area (Å²) in [4.78, 5) is 2.42. The molecule has 2 rings (SSSR count). The van der Waals surface area contributed by atoms with E-state index in [4.69, 9.17) is 5.26 Å². The summed E-state index contributed by atoms with van der Waals surface area (Å²) in [5.74, 6) is 0. The van der Waals surface area contributed by atoms with Crippen LogP contribution in [0.2, 0.25) is 0 Å². The molecule has 1 aliphatic rings. The summed E-state index contributed by atoms with van der Waals surface area (Å²) in [6, 6.07) is 10.6. The topological polar surface area (TPSA) is 39.1 Å². The van der Waals surface area contributed by atoms with Crippen molar-refractivity contribution in [3.8, 4) is 6.07 Å². The van der Waals surface area contributed by atoms with Gasteiger partial charge in [-0.15, -0.1) is 0 Å². The predicted molar refractivity (Wildman–Crippen MR) is 66.6 cm³/mol. The molecule has 0 spiro atoms. The van der Waals surface area contributed by atoms with Gasteiger partial charge < -0.3 is 10.2 Å². The third-order valence-electron chi connectivity index (χ3n) is 2.90. The maximum Gasteiger partial charge on any atom is 0.0640 e. The van der Waals surface area contributed by atoms with Crippen LogP contribution in [0.5, 0.6) is 0 Å². The molecule has 1 aliphatic heterocycles. The Balaban J connectivity index is 1.91. The van der Waals surface area contributed by atoms with E-state index in [1.807, 2.05) is 0 Å². The number of nitrogens with zero attached hydrogens (tertiary/aromatic N) is 2. The third kappa shape index (κ3) is 2.66. The first-order chi connectivity index (χ1) is 7.90. The van der Waals surface area contributed by atoms with Gasteiger partial charge in [0.15, 0.2) is 0 Å². The zero-order valence-electron chi connectivity index (χ0n) is 9.45. The Morgan fingerprint density at radius 2 is 1.88 bits per heavy atom. The highest BCUT2D eigenvalue weighted by atomic mass is 15.1. The molecule has 0 saturated carbocycles. The van der Waals surface area contributed by atoms with Crippen LogP contribution in [-0.4, -0.2) is 19.6 Å². The van der Waals surface area contributed by atoms with Crippen LogP contribution in [0.15, 0.2) is 24.3 Å². The summed E-state index contributed by atoms with van der Waals surface area (Å²) in [5.41, 5.74) is 2.40. The SMILES string of the molecule is N#CCCNc1ccc(N2CCCC2)cc1. The Morgan fingerprint density at radius 1 is 1.19 bits per heavy atom. The molecule has 84 valence electrons. The zero-order valence-corrected chi connectivity index (χ0v) is 9.45. The molecule has 16 heavy (non-hydrogen) atoms. The van der Waals surface area contributed by atoms with E-state index in [0.29, 0.717) is 6.42 Å². The molecule has 0 aromatic heterocycles. The Morgan fingerprint density at radius 3 is 2.50 bits per heavy atom. The second kappa shape index (κ2) is 5.41. The lowest BCUT2D eigenvalue weighted by Crippen LogP contribution is -2.17. The van der Waals surface area contributed by atoms with E-state index in [1.54, 1.807) is 0 Å². The normalized spacial score (nSPS) is 14.8. The molecule has 0 bridgehead atoms. The fourth-order valence-electron chi connectivity index (χ4n) is 2.03. The Labute approximate surface area is 96.7 Å². The molecule has 1 fully saturated rings. The molecular formula is C13H17N3. The van der Waals surface area contributed by atoms with E-state index in [1.165, 1.54) is 31.6 Å². The van der Waals surface area contributed by atoms with Crippen molar-refractivity contribution < 1.29 is 0 Å². The first-order valence-corrected chi connectivity index (χ1v) is 5.86. The summed E-state index contributed by atoms with van der Waals surface area (Å²) in [5, 5.41) is 11.7. The number of benzene rings is 1. The van der Waals surface area contributed by atoms with Gasteiger partial charge in [-0.05, 0) is 37.1 Å². The minimum absolute atomic E-state index is 0.549. The summed E-state index contributed by atoms with van der Waals surface area (Å²) in [7, 11) is 0. The minimum atomic E-state index is 0.549. The number of nitriles is 1. The van der Waals surface area contributed by atoms with Gasteiger partial charge in [-0.2, -0.15) is 5.26 Å². The van der Waals surface area contributed by atoms with Gasteiger partial charge in [-0.1, -0.05) is 0 Å². The fourth-order valence-corrected chi connectivity index (χ4v) is 2.03. The highest BCUT2D eigenvalue weighted by Gasteiger charge is 2.11. The van der Waals surface area contributed by atoms with Crippen LogP contribution in [0.3, 0.4) is 0 Å². The van der Waals surface area contributed by atoms with Crippen LogP contribution in [0.25, 0.3) is 0 Å². The van der Waals surface area contributed by atoms with Crippen molar-refractivity contribution in [3.05, 3.63) is 24.3 Å². The second-order valence-electron chi connectivity index (χ2n) is 4.08. The van der Waals surface area contributed by atoms with Crippen molar-refractivity contribution in [2.45, 2.75) is 19.3 Å². The lowest BCUT2D eigenvalue weighted by Gasteiger charge is -2.17. The number of hydrogen-bond acceptors (Lipinski definition) is 3. The van der Waals surface area contributed by atoms with Gasteiger partial charge in [0, 0.05) is 31.0 Å². The molecule has 0 unspecified atom stereocenters. The first kappa shape index (κ1) is 10.8. The van der Waals surface area contributed by atoms with Crippen molar-refractivity contribution >= 4 is 11.4 Å². The number of anilines is 2. The van der Waals surface area contributed by atoms with Gasteiger partial charge in [0.25, 0.3) is 0 Å². The highest BCUT2D eigenvalue weighted by molar-refractivity contribution is 5.55. The van der Waals surface area contributed by atoms with Crippen LogP contribution in [0.1, 0.15) is 19.3 Å². The summed E-state index contributed by atoms with van der Waals surface area (Å²) < 4.78 is 0. The van der Waals surface area contributed by atoms with Gasteiger partial charge in [0.1, 0.15) is 0 Å². The molecular weight excluding hydrogens is 198 g/mol. The molecule has 1 aromatic rings. The van der Waals surface area contributed by atoms with E-state index >= 15 is 0 Å². The molecule has 1 N–H and O–H groups in total. The lowest BCUT2D eigenvalue weighted by atomic mass is 10.2. The largest absolute Gasteiger partial charge is 0.384 e. The molecule has 3 heteroatoms. The van der Waals surface area contributed by atoms with E-state index in [-0.39, 0.29) is 0 Å². The van der Waals surface area contributed by atoms with E-state index < -0.39 is 0 Å². The standard InChI is InChI=1S/C13H17N3/c14-8-3-9-15-12-4-6-13(7-5-12)16-10-1-2-11-16/h4-7,15H,1-3,9-11H2. The van der Waals surface area contributed by atoms with E-state index in [2.05, 4.69) is 40.6 Å². The molecule has 0 atom stereocenters. The van der Waals surface area contributed by atoms with Crippen molar-refractivity contribution in [1.82, 2.24) is 0 Å². The van der Waals surface area contributed by atoms with Crippen LogP contribution in [-0.2, 0) is 0 Å². The molecule has 0 aliphatic carbocycles. The quantitative estimate of drug-likeness (QED) is 0.785. The van der Waals surface area contributed by atoms with Crippen molar-refractivity contribution in [3.63, 3.8) is 0 Å². The number of rotatable bonds is 4. The minimum Gasteiger partial charge on any atom is -0.384 e. The van der Waals surface area contributed by atoms with Crippen LogP contribution >= 0.6 is 0 Å². The Bertz CT molecular complexity index is 358. The van der Waals surface area contributed by atoms with Crippen LogP contribution in [0.4, 0.5) is 11.4 Å². The van der Waals surface area contributed by atoms with Crippen molar-refractivity contribution in [1.29, 1.82) is 5.26 Å². The average Bonchev–Trinajstić information content (AvgIpc) is 2.84. The van der Waals surface area contributed by atoms with Crippen LogP contribution < -0.4 is 10.2 Å². The van der Waals surface area contributed by atoms with Crippen molar-refractivity contribution in [2.75, 3.05) is 29.9 Å². The maximum atomic E-state index is 8.44. The van der Waals surface area contributed by atoms with Crippen molar-refractivity contribution in [2.24, 2.45) is 0 Å². The van der Waals surface area contributed by atoms with Crippen LogP contribution in [0, 0.1) is 11.3 Å². The smallest absolute Gasteiger partial charge is 0.0640 e. The molecule has 1 saturated heterocycles. The fraction of sp³-hybridized carbons (Fsp3) is 0.462. The van der Waals surface area contributed by atoms with E-state index in [0.717, 1.165) is 12.2 Å². The van der Waals surface area contributed by atoms with Gasteiger partial charge in [-0.25, -0.2) is 0 Å². The zero-order chi connectivity index (χ0) is 11.2. The summed E-state index contributed by atoms with van der Waals surface area (Å²) in [6.07, 6.45) is 3.16. The number of hydrogen-bond donors (Lipinski definition) is 1. The lowest BCUT2D eigenvalue weighted by molar-refractivity contribution is 0.949. The van der Waals surface area contributed by atoms with Gasteiger partial charge >= 0.3 is 0 Å². The average molecular weight is 215 g/mol. The molecule has 1 heterocycles. The molecule has 0 radical (unpaired) electrons. The molecule has 3 nitrogen and oxygen atoms in total. The second-order valence-corrected chi connectivity index (χ2v) is 4.08. The predicted octanol–water partition coefficient (Wildman–Crippen LogP) is 2.61. The Hall–Kier alpha value is -1.69. The van der Waals surface area contributed by atoms with Gasteiger partial charge in [0.05, 0.1) is 12.5 Å². The highest BCUT2D eigenvalue weighted by Crippen LogP contribution is 2.21. The third-order valence-corrected chi connectivity index (χ3v) is 2.90. The van der Waals surface area contributed by atoms with Gasteiger partial charge in [0.2, 0.25) is 0 Å². The molecule has 1 aromatic carbocycles. The Kier molecular flexibility index (Phi) is 3.66. The monoisotopic (exact) mass is 215 g/mol. The molecule has 0 amide bonds. The first-order valence-electron chi connectivity index (χ1n) is 5.86.